The summed E-state index contributed by atoms with van der Waals surface area (Å²) in [5.41, 5.74) is 3.61. The van der Waals surface area contributed by atoms with Gasteiger partial charge in [0.2, 0.25) is 0 Å². The zero-order chi connectivity index (χ0) is 23.9. The average Bonchev–Trinajstić information content (AvgIpc) is 2.82. The molecule has 1 fully saturated rings. The Balaban J connectivity index is 1.45. The number of benzene rings is 2. The fourth-order valence-corrected chi connectivity index (χ4v) is 5.64. The van der Waals surface area contributed by atoms with Gasteiger partial charge in [-0.1, -0.05) is 35.9 Å². The van der Waals surface area contributed by atoms with Crippen LogP contribution in [0.15, 0.2) is 71.7 Å². The molecule has 0 unspecified atom stereocenters. The van der Waals surface area contributed by atoms with Crippen LogP contribution in [0.3, 0.4) is 0 Å². The summed E-state index contributed by atoms with van der Waals surface area (Å²) < 4.78 is 25.1. The molecular weight excluding hydrogens is 472 g/mol. The molecule has 7 nitrogen and oxygen atoms in total. The van der Waals surface area contributed by atoms with Crippen molar-refractivity contribution in [2.45, 2.75) is 0 Å². The minimum atomic E-state index is -2.94. The number of halogens is 1. The molecule has 5 rings (SSSR count). The Morgan fingerprint density at radius 2 is 1.74 bits per heavy atom. The molecule has 4 aromatic rings. The number of anilines is 3. The number of aryl methyl sites for hydroxylation is 1. The largest absolute Gasteiger partial charge is 0.369 e. The molecule has 0 spiro atoms. The van der Waals surface area contributed by atoms with Crippen molar-refractivity contribution < 1.29 is 8.42 Å². The predicted molar refractivity (Wildman–Crippen MR) is 138 cm³/mol. The molecular formula is C25H23ClN4O3S. The molecule has 34 heavy (non-hydrogen) atoms. The second-order valence-corrected chi connectivity index (χ2v) is 11.1. The Morgan fingerprint density at radius 3 is 2.50 bits per heavy atom. The van der Waals surface area contributed by atoms with Crippen molar-refractivity contribution in [3.63, 3.8) is 0 Å². The van der Waals surface area contributed by atoms with Gasteiger partial charge < -0.3 is 14.8 Å². The van der Waals surface area contributed by atoms with E-state index in [0.717, 1.165) is 22.3 Å². The van der Waals surface area contributed by atoms with Crippen LogP contribution in [0.25, 0.3) is 22.0 Å². The average molecular weight is 495 g/mol. The molecule has 2 aromatic heterocycles. The highest BCUT2D eigenvalue weighted by Gasteiger charge is 2.22. The third-order valence-electron chi connectivity index (χ3n) is 6.10. The number of sulfone groups is 1. The van der Waals surface area contributed by atoms with Crippen LogP contribution in [0.4, 0.5) is 17.2 Å². The topological polar surface area (TPSA) is 84.3 Å². The van der Waals surface area contributed by atoms with Gasteiger partial charge in [0.1, 0.15) is 5.82 Å². The van der Waals surface area contributed by atoms with E-state index in [1.165, 1.54) is 0 Å². The lowest BCUT2D eigenvalue weighted by Crippen LogP contribution is -2.40. The third-order valence-corrected chi connectivity index (χ3v) is 8.04. The van der Waals surface area contributed by atoms with E-state index in [1.54, 1.807) is 23.9 Å². The molecule has 9 heteroatoms. The zero-order valence-corrected chi connectivity index (χ0v) is 20.1. The molecule has 0 bridgehead atoms. The lowest BCUT2D eigenvalue weighted by Gasteiger charge is -2.29. The monoisotopic (exact) mass is 494 g/mol. The van der Waals surface area contributed by atoms with E-state index < -0.39 is 9.84 Å². The van der Waals surface area contributed by atoms with Crippen LogP contribution in [0.5, 0.6) is 0 Å². The highest BCUT2D eigenvalue weighted by molar-refractivity contribution is 7.91. The van der Waals surface area contributed by atoms with E-state index >= 15 is 0 Å². The smallest absolute Gasteiger partial charge is 0.258 e. The van der Waals surface area contributed by atoms with Crippen LogP contribution in [0.2, 0.25) is 5.02 Å². The fourth-order valence-electron chi connectivity index (χ4n) is 4.20. The van der Waals surface area contributed by atoms with Crippen LogP contribution in [0, 0.1) is 0 Å². The number of hydrogen-bond donors (Lipinski definition) is 1. The lowest BCUT2D eigenvalue weighted by atomic mass is 10.1. The predicted octanol–water partition coefficient (Wildman–Crippen LogP) is 4.23. The van der Waals surface area contributed by atoms with Gasteiger partial charge in [-0.3, -0.25) is 4.79 Å². The first kappa shape index (κ1) is 22.4. The molecule has 1 aliphatic heterocycles. The first-order valence-electron chi connectivity index (χ1n) is 10.9. The number of nitrogens with zero attached hydrogens (tertiary/aromatic N) is 3. The van der Waals surface area contributed by atoms with E-state index in [-0.39, 0.29) is 17.1 Å². The number of fused-ring (bicyclic) bond motifs is 1. The SMILES string of the molecule is Cn1c(=O)c(-c2ccccc2Cl)cc2cnc(Nc3cccc(N4CCS(=O)(=O)CC4)c3)cc21. The highest BCUT2D eigenvalue weighted by atomic mass is 35.5. The molecule has 0 atom stereocenters. The molecule has 0 amide bonds. The molecule has 2 aromatic carbocycles. The standard InChI is InChI=1S/C25H23ClN4O3S/c1-29-23-15-24(27-16-17(23)13-21(25(29)31)20-7-2-3-8-22(20)26)28-18-5-4-6-19(14-18)30-9-11-34(32,33)12-10-30/h2-8,13-16H,9-12H2,1H3,(H,27,28). The minimum Gasteiger partial charge on any atom is -0.369 e. The van der Waals surface area contributed by atoms with Crippen molar-refractivity contribution in [3.05, 3.63) is 82.2 Å². The van der Waals surface area contributed by atoms with E-state index in [2.05, 4.69) is 15.2 Å². The first-order valence-corrected chi connectivity index (χ1v) is 13.1. The highest BCUT2D eigenvalue weighted by Crippen LogP contribution is 2.29. The quantitative estimate of drug-likeness (QED) is 0.457. The Bertz CT molecular complexity index is 1550. The number of hydrogen-bond acceptors (Lipinski definition) is 6. The Hall–Kier alpha value is -3.36. The molecule has 174 valence electrons. The van der Waals surface area contributed by atoms with Crippen molar-refractivity contribution in [2.24, 2.45) is 7.05 Å². The van der Waals surface area contributed by atoms with E-state index in [0.29, 0.717) is 35.1 Å². The normalized spacial score (nSPS) is 15.4. The Morgan fingerprint density at radius 1 is 0.971 bits per heavy atom. The van der Waals surface area contributed by atoms with Crippen molar-refractivity contribution in [1.82, 2.24) is 9.55 Å². The maximum Gasteiger partial charge on any atom is 0.258 e. The van der Waals surface area contributed by atoms with Gasteiger partial charge in [0.15, 0.2) is 9.84 Å². The molecule has 1 N–H and O–H groups in total. The number of aromatic nitrogens is 2. The summed E-state index contributed by atoms with van der Waals surface area (Å²) in [7, 11) is -1.20. The summed E-state index contributed by atoms with van der Waals surface area (Å²) in [6, 6.07) is 18.7. The van der Waals surface area contributed by atoms with Crippen molar-refractivity contribution in [3.8, 4) is 11.1 Å². The van der Waals surface area contributed by atoms with Gasteiger partial charge >= 0.3 is 0 Å². The Labute approximate surface area is 202 Å². The maximum atomic E-state index is 13.1. The maximum absolute atomic E-state index is 13.1. The van der Waals surface area contributed by atoms with Gasteiger partial charge in [-0.05, 0) is 30.3 Å². The van der Waals surface area contributed by atoms with Crippen LogP contribution < -0.4 is 15.8 Å². The summed E-state index contributed by atoms with van der Waals surface area (Å²) in [6.45, 7) is 0.964. The van der Waals surface area contributed by atoms with E-state index in [9.17, 15) is 13.2 Å². The molecule has 0 aliphatic carbocycles. The van der Waals surface area contributed by atoms with Gasteiger partial charge in [-0.2, -0.15) is 0 Å². The van der Waals surface area contributed by atoms with E-state index in [4.69, 9.17) is 11.6 Å². The van der Waals surface area contributed by atoms with Crippen molar-refractivity contribution >= 4 is 49.5 Å². The second-order valence-electron chi connectivity index (χ2n) is 8.34. The first-order chi connectivity index (χ1) is 16.3. The summed E-state index contributed by atoms with van der Waals surface area (Å²) in [5, 5.41) is 4.65. The fraction of sp³-hybridized carbons (Fsp3) is 0.200. The number of nitrogens with one attached hydrogen (secondary N) is 1. The lowest BCUT2D eigenvalue weighted by molar-refractivity contribution is 0.587. The van der Waals surface area contributed by atoms with E-state index in [1.807, 2.05) is 54.6 Å². The van der Waals surface area contributed by atoms with Gasteiger partial charge in [-0.15, -0.1) is 0 Å². The van der Waals surface area contributed by atoms with Crippen molar-refractivity contribution in [2.75, 3.05) is 34.8 Å². The third kappa shape index (κ3) is 4.38. The summed E-state index contributed by atoms with van der Waals surface area (Å²) in [5.74, 6) is 0.939. The summed E-state index contributed by atoms with van der Waals surface area (Å²) >= 11 is 6.33. The van der Waals surface area contributed by atoms with Gasteiger partial charge in [0.05, 0.1) is 17.0 Å². The Kier molecular flexibility index (Phi) is 5.79. The molecule has 0 saturated carbocycles. The molecule has 1 saturated heterocycles. The molecule has 1 aliphatic rings. The van der Waals surface area contributed by atoms with Crippen LogP contribution in [0.1, 0.15) is 0 Å². The van der Waals surface area contributed by atoms with Gasteiger partial charge in [-0.25, -0.2) is 13.4 Å². The van der Waals surface area contributed by atoms with Crippen molar-refractivity contribution in [1.29, 1.82) is 0 Å². The number of pyridine rings is 2. The number of rotatable bonds is 4. The molecule has 0 radical (unpaired) electrons. The van der Waals surface area contributed by atoms with Gasteiger partial charge in [0, 0.05) is 65.3 Å². The molecule has 3 heterocycles. The van der Waals surface area contributed by atoms with Crippen LogP contribution >= 0.6 is 11.6 Å². The second kappa shape index (κ2) is 8.77. The summed E-state index contributed by atoms with van der Waals surface area (Å²) in [4.78, 5) is 19.7. The summed E-state index contributed by atoms with van der Waals surface area (Å²) in [6.07, 6.45) is 1.73. The van der Waals surface area contributed by atoms with Crippen LogP contribution in [-0.4, -0.2) is 42.6 Å². The zero-order valence-electron chi connectivity index (χ0n) is 18.5. The van der Waals surface area contributed by atoms with Crippen LogP contribution in [-0.2, 0) is 16.9 Å². The minimum absolute atomic E-state index is 0.139. The van der Waals surface area contributed by atoms with Gasteiger partial charge in [0.25, 0.3) is 5.56 Å².